The van der Waals surface area contributed by atoms with Gasteiger partial charge in [-0.3, -0.25) is 4.68 Å². The van der Waals surface area contributed by atoms with Gasteiger partial charge in [0.15, 0.2) is 0 Å². The molecule has 0 unspecified atom stereocenters. The number of rotatable bonds is 1. The normalized spacial score (nSPS) is 10.8. The number of aromatic nitrogens is 2. The van der Waals surface area contributed by atoms with Gasteiger partial charge in [-0.2, -0.15) is 0 Å². The van der Waals surface area contributed by atoms with Gasteiger partial charge in [-0.15, -0.1) is 5.10 Å². The predicted molar refractivity (Wildman–Crippen MR) is 45.9 cm³/mol. The fraction of sp³-hybridized carbons (Fsp3) is 0.222. The van der Waals surface area contributed by atoms with Crippen LogP contribution in [0.1, 0.15) is 6.92 Å². The SMILES string of the molecule is CCn1nc(O)c2c[c]ccc21. The molecule has 1 heterocycles. The highest BCUT2D eigenvalue weighted by atomic mass is 16.3. The molecule has 3 heteroatoms. The second-order valence-electron chi connectivity index (χ2n) is 2.58. The van der Waals surface area contributed by atoms with E-state index in [9.17, 15) is 5.11 Å². The lowest BCUT2D eigenvalue weighted by atomic mass is 10.2. The Kier molecular flexibility index (Phi) is 1.50. The first-order chi connectivity index (χ1) is 5.83. The molecule has 0 saturated carbocycles. The molecule has 0 amide bonds. The molecule has 2 aromatic rings. The minimum Gasteiger partial charge on any atom is -0.492 e. The van der Waals surface area contributed by atoms with Gasteiger partial charge in [0, 0.05) is 6.54 Å². The molecule has 2 rings (SSSR count). The van der Waals surface area contributed by atoms with Crippen molar-refractivity contribution in [1.82, 2.24) is 9.78 Å². The molecule has 1 N–H and O–H groups in total. The Labute approximate surface area is 70.2 Å². The van der Waals surface area contributed by atoms with Crippen molar-refractivity contribution >= 4 is 10.9 Å². The van der Waals surface area contributed by atoms with E-state index in [0.29, 0.717) is 0 Å². The van der Waals surface area contributed by atoms with Crippen molar-refractivity contribution in [2.75, 3.05) is 0 Å². The third kappa shape index (κ3) is 0.863. The van der Waals surface area contributed by atoms with Gasteiger partial charge in [0.25, 0.3) is 0 Å². The molecule has 1 aromatic carbocycles. The summed E-state index contributed by atoms with van der Waals surface area (Å²) in [6.45, 7) is 2.75. The summed E-state index contributed by atoms with van der Waals surface area (Å²) in [4.78, 5) is 0. The van der Waals surface area contributed by atoms with E-state index >= 15 is 0 Å². The van der Waals surface area contributed by atoms with Gasteiger partial charge in [-0.05, 0) is 25.1 Å². The lowest BCUT2D eigenvalue weighted by Crippen LogP contribution is -1.94. The van der Waals surface area contributed by atoms with Crippen LogP contribution in [0.2, 0.25) is 0 Å². The van der Waals surface area contributed by atoms with Crippen LogP contribution in [0.5, 0.6) is 5.88 Å². The number of hydrogen-bond donors (Lipinski definition) is 1. The Hall–Kier alpha value is -1.51. The van der Waals surface area contributed by atoms with Crippen LogP contribution in [-0.2, 0) is 6.54 Å². The van der Waals surface area contributed by atoms with Gasteiger partial charge in [-0.1, -0.05) is 6.07 Å². The molecule has 1 radical (unpaired) electrons. The zero-order chi connectivity index (χ0) is 8.55. The minimum absolute atomic E-state index is 0.0868. The second kappa shape index (κ2) is 2.52. The average molecular weight is 161 g/mol. The summed E-state index contributed by atoms with van der Waals surface area (Å²) < 4.78 is 1.76. The van der Waals surface area contributed by atoms with E-state index in [4.69, 9.17) is 0 Å². The number of nitrogens with zero attached hydrogens (tertiary/aromatic N) is 2. The van der Waals surface area contributed by atoms with Crippen LogP contribution in [0.4, 0.5) is 0 Å². The van der Waals surface area contributed by atoms with E-state index < -0.39 is 0 Å². The maximum Gasteiger partial charge on any atom is 0.238 e. The minimum atomic E-state index is 0.0868. The Morgan fingerprint density at radius 1 is 1.67 bits per heavy atom. The van der Waals surface area contributed by atoms with Crippen LogP contribution in [-0.4, -0.2) is 14.9 Å². The Morgan fingerprint density at radius 3 is 3.25 bits per heavy atom. The van der Waals surface area contributed by atoms with Crippen molar-refractivity contribution in [3.8, 4) is 5.88 Å². The molecule has 1 aromatic heterocycles. The number of fused-ring (bicyclic) bond motifs is 1. The molecule has 61 valence electrons. The lowest BCUT2D eigenvalue weighted by molar-refractivity contribution is 0.444. The van der Waals surface area contributed by atoms with Gasteiger partial charge < -0.3 is 5.11 Å². The van der Waals surface area contributed by atoms with Gasteiger partial charge in [-0.25, -0.2) is 0 Å². The fourth-order valence-electron chi connectivity index (χ4n) is 1.29. The summed E-state index contributed by atoms with van der Waals surface area (Å²) in [7, 11) is 0. The summed E-state index contributed by atoms with van der Waals surface area (Å²) in [6.07, 6.45) is 0. The highest BCUT2D eigenvalue weighted by molar-refractivity contribution is 5.83. The summed E-state index contributed by atoms with van der Waals surface area (Å²) in [5.74, 6) is 0.0868. The van der Waals surface area contributed by atoms with Crippen molar-refractivity contribution in [3.05, 3.63) is 24.3 Å². The van der Waals surface area contributed by atoms with Gasteiger partial charge in [0.2, 0.25) is 5.88 Å². The van der Waals surface area contributed by atoms with Gasteiger partial charge >= 0.3 is 0 Å². The summed E-state index contributed by atoms with van der Waals surface area (Å²) >= 11 is 0. The third-order valence-corrected chi connectivity index (χ3v) is 1.88. The van der Waals surface area contributed by atoms with Crippen LogP contribution in [0.25, 0.3) is 10.9 Å². The van der Waals surface area contributed by atoms with E-state index in [0.717, 1.165) is 17.4 Å². The number of aromatic hydroxyl groups is 1. The molecule has 0 spiro atoms. The van der Waals surface area contributed by atoms with Crippen LogP contribution in [0.15, 0.2) is 18.2 Å². The van der Waals surface area contributed by atoms with Gasteiger partial charge in [0.1, 0.15) is 0 Å². The molecular weight excluding hydrogens is 152 g/mol. The first kappa shape index (κ1) is 7.16. The zero-order valence-electron chi connectivity index (χ0n) is 6.78. The van der Waals surface area contributed by atoms with Crippen molar-refractivity contribution < 1.29 is 5.11 Å². The van der Waals surface area contributed by atoms with Crippen LogP contribution < -0.4 is 0 Å². The van der Waals surface area contributed by atoms with E-state index in [-0.39, 0.29) is 5.88 Å². The lowest BCUT2D eigenvalue weighted by Gasteiger charge is -1.94. The highest BCUT2D eigenvalue weighted by Gasteiger charge is 2.05. The Morgan fingerprint density at radius 2 is 2.50 bits per heavy atom. The van der Waals surface area contributed by atoms with Crippen LogP contribution in [0.3, 0.4) is 0 Å². The summed E-state index contributed by atoms with van der Waals surface area (Å²) in [5, 5.41) is 14.1. The molecule has 0 bridgehead atoms. The van der Waals surface area contributed by atoms with Crippen LogP contribution >= 0.6 is 0 Å². The number of aryl methyl sites for hydroxylation is 1. The van der Waals surface area contributed by atoms with Crippen molar-refractivity contribution in [2.24, 2.45) is 0 Å². The Balaban J connectivity index is 2.82. The number of benzene rings is 1. The summed E-state index contributed by atoms with van der Waals surface area (Å²) in [5.41, 5.74) is 0.953. The molecule has 0 aliphatic rings. The second-order valence-corrected chi connectivity index (χ2v) is 2.58. The third-order valence-electron chi connectivity index (χ3n) is 1.88. The molecule has 0 atom stereocenters. The molecular formula is C9H9N2O. The average Bonchev–Trinajstić information content (AvgIpc) is 2.44. The molecule has 12 heavy (non-hydrogen) atoms. The standard InChI is InChI=1S/C9H9N2O/c1-2-11-8-6-4-3-5-7(8)9(12)10-11/h4-6H,2H2,1H3,(H,10,12). The summed E-state index contributed by atoms with van der Waals surface area (Å²) in [6, 6.07) is 8.35. The van der Waals surface area contributed by atoms with Crippen molar-refractivity contribution in [3.63, 3.8) is 0 Å². The largest absolute Gasteiger partial charge is 0.492 e. The van der Waals surface area contributed by atoms with E-state index in [2.05, 4.69) is 11.2 Å². The highest BCUT2D eigenvalue weighted by Crippen LogP contribution is 2.22. The van der Waals surface area contributed by atoms with E-state index in [1.807, 2.05) is 19.1 Å². The monoisotopic (exact) mass is 161 g/mol. The molecule has 0 saturated heterocycles. The first-order valence-corrected chi connectivity index (χ1v) is 3.88. The predicted octanol–water partition coefficient (Wildman–Crippen LogP) is 1.56. The van der Waals surface area contributed by atoms with Crippen LogP contribution in [0, 0.1) is 6.07 Å². The topological polar surface area (TPSA) is 38.0 Å². The molecule has 0 aliphatic heterocycles. The molecule has 0 fully saturated rings. The maximum absolute atomic E-state index is 9.37. The van der Waals surface area contributed by atoms with E-state index in [1.54, 1.807) is 10.7 Å². The fourth-order valence-corrected chi connectivity index (χ4v) is 1.29. The smallest absolute Gasteiger partial charge is 0.238 e. The quantitative estimate of drug-likeness (QED) is 0.689. The molecule has 3 nitrogen and oxygen atoms in total. The Bertz CT molecular complexity index is 406. The van der Waals surface area contributed by atoms with Gasteiger partial charge in [0.05, 0.1) is 10.9 Å². The maximum atomic E-state index is 9.37. The van der Waals surface area contributed by atoms with Crippen molar-refractivity contribution in [2.45, 2.75) is 13.5 Å². The van der Waals surface area contributed by atoms with E-state index in [1.165, 1.54) is 0 Å². The number of hydrogen-bond acceptors (Lipinski definition) is 2. The zero-order valence-corrected chi connectivity index (χ0v) is 6.78. The van der Waals surface area contributed by atoms with Crippen molar-refractivity contribution in [1.29, 1.82) is 0 Å². The first-order valence-electron chi connectivity index (χ1n) is 3.88. The molecule has 0 aliphatic carbocycles.